The monoisotopic (exact) mass is 414 g/mol. The number of benzene rings is 2. The Bertz CT molecular complexity index is 821. The van der Waals surface area contributed by atoms with Gasteiger partial charge in [0, 0.05) is 17.8 Å². The number of unbranched alkanes of at least 4 members (excludes halogenated alkanes) is 1. The quantitative estimate of drug-likeness (QED) is 0.512. The fraction of sp³-hybridized carbons (Fsp3) is 0.391. The van der Waals surface area contributed by atoms with E-state index in [9.17, 15) is 9.59 Å². The minimum Gasteiger partial charge on any atom is -0.490 e. The van der Waals surface area contributed by atoms with Crippen molar-refractivity contribution < 1.29 is 23.8 Å². The van der Waals surface area contributed by atoms with Gasteiger partial charge in [-0.15, -0.1) is 0 Å². The van der Waals surface area contributed by atoms with Crippen molar-refractivity contribution in [1.82, 2.24) is 5.32 Å². The number of hydrogen-bond acceptors (Lipinski definition) is 5. The van der Waals surface area contributed by atoms with Crippen LogP contribution in [0.2, 0.25) is 0 Å². The van der Waals surface area contributed by atoms with Gasteiger partial charge in [-0.25, -0.2) is 0 Å². The molecule has 0 aliphatic rings. The maximum atomic E-state index is 12.6. The minimum absolute atomic E-state index is 0.0492. The predicted octanol–water partition coefficient (Wildman–Crippen LogP) is 4.03. The molecule has 0 aromatic heterocycles. The molecule has 2 rings (SSSR count). The third kappa shape index (κ3) is 7.31. The summed E-state index contributed by atoms with van der Waals surface area (Å²) in [4.78, 5) is 24.1. The number of carbonyl (C=O) groups is 2. The van der Waals surface area contributed by atoms with Crippen LogP contribution < -0.4 is 24.8 Å². The first-order chi connectivity index (χ1) is 14.6. The lowest BCUT2D eigenvalue weighted by atomic mass is 10.1. The molecule has 0 radical (unpaired) electrons. The zero-order valence-corrected chi connectivity index (χ0v) is 17.8. The van der Waals surface area contributed by atoms with Gasteiger partial charge in [0.05, 0.1) is 13.2 Å². The first kappa shape index (κ1) is 23.1. The number of rotatable bonds is 12. The Kier molecular flexibility index (Phi) is 9.51. The summed E-state index contributed by atoms with van der Waals surface area (Å²) in [6, 6.07) is 12.0. The third-order valence-corrected chi connectivity index (χ3v) is 4.12. The van der Waals surface area contributed by atoms with Crippen LogP contribution >= 0.6 is 0 Å². The van der Waals surface area contributed by atoms with Crippen LogP contribution in [-0.4, -0.2) is 38.2 Å². The highest BCUT2D eigenvalue weighted by molar-refractivity contribution is 6.04. The van der Waals surface area contributed by atoms with Crippen molar-refractivity contribution in [3.8, 4) is 17.2 Å². The highest BCUT2D eigenvalue weighted by Gasteiger charge is 2.12. The van der Waals surface area contributed by atoms with Gasteiger partial charge < -0.3 is 24.8 Å². The summed E-state index contributed by atoms with van der Waals surface area (Å²) in [6.45, 7) is 7.43. The Hall–Kier alpha value is -3.22. The summed E-state index contributed by atoms with van der Waals surface area (Å²) >= 11 is 0. The van der Waals surface area contributed by atoms with Crippen LogP contribution in [0.5, 0.6) is 17.2 Å². The molecule has 2 amide bonds. The molecule has 7 heteroatoms. The van der Waals surface area contributed by atoms with Gasteiger partial charge in [-0.1, -0.05) is 13.3 Å². The standard InChI is InChI=1S/C23H30N2O5/c1-4-7-14-29-20-13-8-17(15-21(20)28-6-3)23(27)25-18-9-11-19(12-10-18)30-16-22(26)24-5-2/h8-13,15H,4-7,14,16H2,1-3H3,(H,24,26)(H,25,27). The number of anilines is 1. The molecular formula is C23H30N2O5. The molecule has 0 saturated heterocycles. The number of hydrogen-bond donors (Lipinski definition) is 2. The molecule has 0 aliphatic heterocycles. The molecule has 0 spiro atoms. The van der Waals surface area contributed by atoms with E-state index in [1.165, 1.54) is 0 Å². The van der Waals surface area contributed by atoms with Crippen LogP contribution in [-0.2, 0) is 4.79 Å². The van der Waals surface area contributed by atoms with Gasteiger partial charge in [0.2, 0.25) is 0 Å². The predicted molar refractivity (Wildman–Crippen MR) is 117 cm³/mol. The molecule has 7 nitrogen and oxygen atoms in total. The maximum absolute atomic E-state index is 12.6. The van der Waals surface area contributed by atoms with Crippen molar-refractivity contribution in [2.45, 2.75) is 33.6 Å². The first-order valence-electron chi connectivity index (χ1n) is 10.3. The lowest BCUT2D eigenvalue weighted by Gasteiger charge is -2.13. The Labute approximate surface area is 177 Å². The average molecular weight is 415 g/mol. The van der Waals surface area contributed by atoms with Gasteiger partial charge in [-0.3, -0.25) is 9.59 Å². The highest BCUT2D eigenvalue weighted by atomic mass is 16.5. The summed E-state index contributed by atoms with van der Waals surface area (Å²) in [5.41, 5.74) is 1.09. The van der Waals surface area contributed by atoms with Crippen molar-refractivity contribution >= 4 is 17.5 Å². The van der Waals surface area contributed by atoms with Crippen LogP contribution in [0, 0.1) is 0 Å². The van der Waals surface area contributed by atoms with Gasteiger partial charge in [0.15, 0.2) is 18.1 Å². The van der Waals surface area contributed by atoms with E-state index in [4.69, 9.17) is 14.2 Å². The fourth-order valence-electron chi connectivity index (χ4n) is 2.60. The number of ether oxygens (including phenoxy) is 3. The topological polar surface area (TPSA) is 85.9 Å². The van der Waals surface area contributed by atoms with E-state index >= 15 is 0 Å². The lowest BCUT2D eigenvalue weighted by Crippen LogP contribution is -2.28. The highest BCUT2D eigenvalue weighted by Crippen LogP contribution is 2.29. The Morgan fingerprint density at radius 2 is 1.67 bits per heavy atom. The molecule has 2 N–H and O–H groups in total. The van der Waals surface area contributed by atoms with Crippen molar-refractivity contribution in [3.63, 3.8) is 0 Å². The zero-order valence-electron chi connectivity index (χ0n) is 17.8. The smallest absolute Gasteiger partial charge is 0.257 e. The number of likely N-dealkylation sites (N-methyl/N-ethyl adjacent to an activating group) is 1. The summed E-state index contributed by atoms with van der Waals surface area (Å²) < 4.78 is 16.8. The molecule has 0 fully saturated rings. The van der Waals surface area contributed by atoms with E-state index in [1.54, 1.807) is 42.5 Å². The fourth-order valence-corrected chi connectivity index (χ4v) is 2.60. The minimum atomic E-state index is -0.257. The van der Waals surface area contributed by atoms with Gasteiger partial charge >= 0.3 is 0 Å². The number of amides is 2. The second-order valence-corrected chi connectivity index (χ2v) is 6.52. The maximum Gasteiger partial charge on any atom is 0.257 e. The molecule has 0 atom stereocenters. The van der Waals surface area contributed by atoms with Gasteiger partial charge in [0.1, 0.15) is 5.75 Å². The molecule has 2 aromatic carbocycles. The van der Waals surface area contributed by atoms with Gasteiger partial charge in [-0.2, -0.15) is 0 Å². The molecular weight excluding hydrogens is 384 g/mol. The first-order valence-corrected chi connectivity index (χ1v) is 10.3. The molecule has 0 bridgehead atoms. The molecule has 0 aliphatic carbocycles. The second-order valence-electron chi connectivity index (χ2n) is 6.52. The summed E-state index contributed by atoms with van der Waals surface area (Å²) in [6.07, 6.45) is 2.00. The third-order valence-electron chi connectivity index (χ3n) is 4.12. The van der Waals surface area contributed by atoms with E-state index in [0.717, 1.165) is 12.8 Å². The van der Waals surface area contributed by atoms with Crippen molar-refractivity contribution in [2.75, 3.05) is 31.7 Å². The van der Waals surface area contributed by atoms with Crippen molar-refractivity contribution in [3.05, 3.63) is 48.0 Å². The summed E-state index contributed by atoms with van der Waals surface area (Å²) in [5.74, 6) is 1.30. The molecule has 162 valence electrons. The Morgan fingerprint density at radius 1 is 0.900 bits per heavy atom. The van der Waals surface area contributed by atoms with Gasteiger partial charge in [0.25, 0.3) is 11.8 Å². The molecule has 2 aromatic rings. The van der Waals surface area contributed by atoms with Crippen LogP contribution in [0.15, 0.2) is 42.5 Å². The lowest BCUT2D eigenvalue weighted by molar-refractivity contribution is -0.122. The summed E-state index contributed by atoms with van der Waals surface area (Å²) in [7, 11) is 0. The molecule has 30 heavy (non-hydrogen) atoms. The van der Waals surface area contributed by atoms with Crippen LogP contribution in [0.4, 0.5) is 5.69 Å². The van der Waals surface area contributed by atoms with Crippen molar-refractivity contribution in [2.24, 2.45) is 0 Å². The van der Waals surface area contributed by atoms with Gasteiger partial charge in [-0.05, 0) is 62.7 Å². The summed E-state index contributed by atoms with van der Waals surface area (Å²) in [5, 5.41) is 5.50. The molecule has 0 saturated carbocycles. The largest absolute Gasteiger partial charge is 0.490 e. The second kappa shape index (κ2) is 12.4. The number of nitrogens with one attached hydrogen (secondary N) is 2. The SMILES string of the molecule is CCCCOc1ccc(C(=O)Nc2ccc(OCC(=O)NCC)cc2)cc1OCC. The number of carbonyl (C=O) groups excluding carboxylic acids is 2. The average Bonchev–Trinajstić information content (AvgIpc) is 2.75. The van der Waals surface area contributed by atoms with E-state index < -0.39 is 0 Å². The van der Waals surface area contributed by atoms with Crippen LogP contribution in [0.25, 0.3) is 0 Å². The van der Waals surface area contributed by atoms with E-state index in [0.29, 0.717) is 48.3 Å². The van der Waals surface area contributed by atoms with E-state index in [1.807, 2.05) is 13.8 Å². The Morgan fingerprint density at radius 3 is 2.33 bits per heavy atom. The zero-order chi connectivity index (χ0) is 21.8. The molecule has 0 heterocycles. The molecule has 0 unspecified atom stereocenters. The van der Waals surface area contributed by atoms with Crippen LogP contribution in [0.1, 0.15) is 44.0 Å². The van der Waals surface area contributed by atoms with E-state index in [2.05, 4.69) is 17.6 Å². The normalized spacial score (nSPS) is 10.2. The Balaban J connectivity index is 1.99. The van der Waals surface area contributed by atoms with E-state index in [-0.39, 0.29) is 18.4 Å². The van der Waals surface area contributed by atoms with Crippen molar-refractivity contribution in [1.29, 1.82) is 0 Å². The van der Waals surface area contributed by atoms with Crippen LogP contribution in [0.3, 0.4) is 0 Å².